The minimum Gasteiger partial charge on any atom is -0.351 e. The molecule has 0 bridgehead atoms. The molecule has 0 radical (unpaired) electrons. The first-order chi connectivity index (χ1) is 7.00. The third-order valence-corrected chi connectivity index (χ3v) is 2.90. The van der Waals surface area contributed by atoms with E-state index in [-0.39, 0.29) is 17.4 Å². The van der Waals surface area contributed by atoms with Gasteiger partial charge in [-0.05, 0) is 17.7 Å². The maximum Gasteiger partial charge on any atom is 0.326 e. The van der Waals surface area contributed by atoms with Gasteiger partial charge in [-0.15, -0.1) is 0 Å². The second-order valence-corrected chi connectivity index (χ2v) is 3.95. The molecule has 0 aliphatic carbocycles. The van der Waals surface area contributed by atoms with Crippen LogP contribution < -0.4 is 10.6 Å². The van der Waals surface area contributed by atoms with E-state index in [9.17, 15) is 9.59 Å². The highest BCUT2D eigenvalue weighted by molar-refractivity contribution is 6.42. The maximum atomic E-state index is 11.4. The molecule has 4 nitrogen and oxygen atoms in total. The van der Waals surface area contributed by atoms with Crippen molar-refractivity contribution in [3.05, 3.63) is 27.7 Å². The van der Waals surface area contributed by atoms with E-state index in [2.05, 4.69) is 0 Å². The van der Waals surface area contributed by atoms with E-state index in [1.165, 1.54) is 6.07 Å². The monoisotopic (exact) mass is 244 g/mol. The number of primary amides is 1. The second-order valence-electron chi connectivity index (χ2n) is 3.14. The highest BCUT2D eigenvalue weighted by Crippen LogP contribution is 2.35. The third-order valence-electron chi connectivity index (χ3n) is 2.17. The first kappa shape index (κ1) is 10.3. The molecule has 78 valence electrons. The van der Waals surface area contributed by atoms with Crippen LogP contribution in [0, 0.1) is 0 Å². The van der Waals surface area contributed by atoms with E-state index in [4.69, 9.17) is 28.9 Å². The molecule has 0 saturated carbocycles. The van der Waals surface area contributed by atoms with Gasteiger partial charge in [0, 0.05) is 0 Å². The minimum absolute atomic E-state index is 0.120. The van der Waals surface area contributed by atoms with Crippen molar-refractivity contribution < 1.29 is 9.59 Å². The number of benzene rings is 1. The van der Waals surface area contributed by atoms with Crippen molar-refractivity contribution >= 4 is 40.8 Å². The van der Waals surface area contributed by atoms with Crippen molar-refractivity contribution in [1.82, 2.24) is 0 Å². The number of carbonyl (C=O) groups excluding carboxylic acids is 2. The average molecular weight is 245 g/mol. The molecular weight excluding hydrogens is 239 g/mol. The molecule has 0 saturated heterocycles. The normalized spacial score (nSPS) is 14.3. The summed E-state index contributed by atoms with van der Waals surface area (Å²) in [6.07, 6.45) is 0.120. The Morgan fingerprint density at radius 1 is 1.33 bits per heavy atom. The fourth-order valence-corrected chi connectivity index (χ4v) is 1.89. The van der Waals surface area contributed by atoms with Crippen LogP contribution in [0.4, 0.5) is 10.5 Å². The molecule has 0 fully saturated rings. The van der Waals surface area contributed by atoms with E-state index in [0.29, 0.717) is 16.3 Å². The number of carbonyl (C=O) groups is 2. The van der Waals surface area contributed by atoms with Crippen molar-refractivity contribution in [2.24, 2.45) is 5.73 Å². The van der Waals surface area contributed by atoms with Gasteiger partial charge >= 0.3 is 6.03 Å². The summed E-state index contributed by atoms with van der Waals surface area (Å²) in [5.41, 5.74) is 6.16. The first-order valence-corrected chi connectivity index (χ1v) is 4.86. The van der Waals surface area contributed by atoms with Crippen molar-refractivity contribution in [3.8, 4) is 0 Å². The Hall–Kier alpha value is -1.26. The summed E-state index contributed by atoms with van der Waals surface area (Å²) < 4.78 is 0. The molecule has 1 aliphatic rings. The number of hydrogen-bond donors (Lipinski definition) is 1. The topological polar surface area (TPSA) is 63.4 Å². The fraction of sp³-hybridized carbons (Fsp3) is 0.111. The molecule has 0 spiro atoms. The van der Waals surface area contributed by atoms with Gasteiger partial charge in [-0.25, -0.2) is 9.69 Å². The number of rotatable bonds is 0. The number of hydrogen-bond acceptors (Lipinski definition) is 2. The number of fused-ring (bicyclic) bond motifs is 1. The Balaban J connectivity index is 2.59. The van der Waals surface area contributed by atoms with Gasteiger partial charge in [-0.3, -0.25) is 4.79 Å². The van der Waals surface area contributed by atoms with Gasteiger partial charge in [0.05, 0.1) is 22.2 Å². The molecule has 2 N–H and O–H groups in total. The lowest BCUT2D eigenvalue weighted by molar-refractivity contribution is -0.116. The van der Waals surface area contributed by atoms with Crippen molar-refractivity contribution in [1.29, 1.82) is 0 Å². The number of urea groups is 1. The van der Waals surface area contributed by atoms with Crippen molar-refractivity contribution in [2.75, 3.05) is 4.90 Å². The largest absolute Gasteiger partial charge is 0.351 e. The molecular formula is C9H6Cl2N2O2. The molecule has 1 heterocycles. The number of nitrogens with two attached hydrogens (primary N) is 1. The number of anilines is 1. The van der Waals surface area contributed by atoms with E-state index >= 15 is 0 Å². The predicted molar refractivity (Wildman–Crippen MR) is 57.2 cm³/mol. The summed E-state index contributed by atoms with van der Waals surface area (Å²) in [4.78, 5) is 23.4. The summed E-state index contributed by atoms with van der Waals surface area (Å²) in [6.45, 7) is 0. The van der Waals surface area contributed by atoms with Crippen LogP contribution in [0.25, 0.3) is 0 Å². The molecule has 0 atom stereocenters. The van der Waals surface area contributed by atoms with Crippen LogP contribution in [0.15, 0.2) is 12.1 Å². The third kappa shape index (κ3) is 1.56. The van der Waals surface area contributed by atoms with E-state index in [0.717, 1.165) is 4.90 Å². The zero-order valence-electron chi connectivity index (χ0n) is 7.46. The quantitative estimate of drug-likeness (QED) is 0.759. The predicted octanol–water partition coefficient (Wildman–Crippen LogP) is 1.96. The van der Waals surface area contributed by atoms with Gasteiger partial charge in [0.25, 0.3) is 0 Å². The zero-order valence-corrected chi connectivity index (χ0v) is 8.97. The smallest absolute Gasteiger partial charge is 0.326 e. The van der Waals surface area contributed by atoms with Crippen molar-refractivity contribution in [2.45, 2.75) is 6.42 Å². The molecule has 1 aromatic rings. The van der Waals surface area contributed by atoms with Crippen molar-refractivity contribution in [3.63, 3.8) is 0 Å². The van der Waals surface area contributed by atoms with Crippen LogP contribution in [0.1, 0.15) is 5.56 Å². The standard InChI is InChI=1S/C9H6Cl2N2O2/c10-5-1-4-2-8(14)13(9(12)15)7(4)3-6(5)11/h1,3H,2H2,(H2,12,15). The number of amides is 3. The van der Waals surface area contributed by atoms with Gasteiger partial charge in [-0.1, -0.05) is 23.2 Å². The second kappa shape index (κ2) is 3.40. The fourth-order valence-electron chi connectivity index (χ4n) is 1.55. The highest BCUT2D eigenvalue weighted by atomic mass is 35.5. The average Bonchev–Trinajstić information content (AvgIpc) is 2.41. The highest BCUT2D eigenvalue weighted by Gasteiger charge is 2.31. The molecule has 0 aromatic heterocycles. The summed E-state index contributed by atoms with van der Waals surface area (Å²) in [6, 6.07) is 2.23. The molecule has 1 aromatic carbocycles. The van der Waals surface area contributed by atoms with Crippen LogP contribution in [-0.2, 0) is 11.2 Å². The van der Waals surface area contributed by atoms with Gasteiger partial charge in [0.1, 0.15) is 0 Å². The molecule has 1 aliphatic heterocycles. The lowest BCUT2D eigenvalue weighted by Crippen LogP contribution is -2.38. The van der Waals surface area contributed by atoms with Gasteiger partial charge in [-0.2, -0.15) is 0 Å². The molecule has 2 rings (SSSR count). The van der Waals surface area contributed by atoms with Crippen LogP contribution in [0.2, 0.25) is 10.0 Å². The van der Waals surface area contributed by atoms with Crippen LogP contribution in [0.3, 0.4) is 0 Å². The Bertz CT molecular complexity index is 473. The van der Waals surface area contributed by atoms with Gasteiger partial charge < -0.3 is 5.73 Å². The summed E-state index contributed by atoms with van der Waals surface area (Å²) in [5, 5.41) is 0.644. The molecule has 6 heteroatoms. The lowest BCUT2D eigenvalue weighted by Gasteiger charge is -2.12. The van der Waals surface area contributed by atoms with E-state index in [1.54, 1.807) is 6.07 Å². The summed E-state index contributed by atoms with van der Waals surface area (Å²) in [7, 11) is 0. The Morgan fingerprint density at radius 2 is 1.93 bits per heavy atom. The lowest BCUT2D eigenvalue weighted by atomic mass is 10.2. The minimum atomic E-state index is -0.808. The van der Waals surface area contributed by atoms with E-state index < -0.39 is 6.03 Å². The van der Waals surface area contributed by atoms with E-state index in [1.807, 2.05) is 0 Å². The van der Waals surface area contributed by atoms with Gasteiger partial charge in [0.2, 0.25) is 5.91 Å². The summed E-state index contributed by atoms with van der Waals surface area (Å²) in [5.74, 6) is -0.365. The summed E-state index contributed by atoms with van der Waals surface area (Å²) >= 11 is 11.6. The van der Waals surface area contributed by atoms with Crippen LogP contribution >= 0.6 is 23.2 Å². The number of halogens is 2. The van der Waals surface area contributed by atoms with Gasteiger partial charge in [0.15, 0.2) is 0 Å². The zero-order chi connectivity index (χ0) is 11.2. The Morgan fingerprint density at radius 3 is 2.53 bits per heavy atom. The maximum absolute atomic E-state index is 11.4. The SMILES string of the molecule is NC(=O)N1C(=O)Cc2cc(Cl)c(Cl)cc21. The Kier molecular flexibility index (Phi) is 2.32. The first-order valence-electron chi connectivity index (χ1n) is 4.11. The number of imide groups is 1. The number of nitrogens with zero attached hydrogens (tertiary/aromatic N) is 1. The Labute approximate surface area is 95.5 Å². The molecule has 0 unspecified atom stereocenters. The molecule has 15 heavy (non-hydrogen) atoms. The van der Waals surface area contributed by atoms with Crippen LogP contribution in [-0.4, -0.2) is 11.9 Å². The molecule has 3 amide bonds. The van der Waals surface area contributed by atoms with Crippen LogP contribution in [0.5, 0.6) is 0 Å².